The molecule has 0 aliphatic carbocycles. The summed E-state index contributed by atoms with van der Waals surface area (Å²) >= 11 is 1.91. The van der Waals surface area contributed by atoms with E-state index < -0.39 is 0 Å². The molecule has 0 radical (unpaired) electrons. The summed E-state index contributed by atoms with van der Waals surface area (Å²) in [5.74, 6) is 0. The number of likely N-dealkylation sites (N-methyl/N-ethyl adjacent to an activating group) is 1. The molecule has 0 bridgehead atoms. The van der Waals surface area contributed by atoms with Gasteiger partial charge in [0, 0.05) is 9.58 Å². The predicted octanol–water partition coefficient (Wildman–Crippen LogP) is 2.97. The van der Waals surface area contributed by atoms with Crippen LogP contribution in [0.4, 0.5) is 0 Å². The summed E-state index contributed by atoms with van der Waals surface area (Å²) in [6.07, 6.45) is 1.13. The largest absolute Gasteiger partial charge is 0.319 e. The SMILES string of the molecule is CNCCc1cc2c(C)cccc2s1. The second-order valence-corrected chi connectivity index (χ2v) is 4.72. The highest BCUT2D eigenvalue weighted by Crippen LogP contribution is 2.27. The molecule has 2 aromatic rings. The van der Waals surface area contributed by atoms with Gasteiger partial charge in [-0.2, -0.15) is 0 Å². The second kappa shape index (κ2) is 4.11. The standard InChI is InChI=1S/C12H15NS/c1-9-4-3-5-12-11(9)8-10(14-12)6-7-13-2/h3-5,8,13H,6-7H2,1-2H3. The molecule has 1 N–H and O–H groups in total. The van der Waals surface area contributed by atoms with Gasteiger partial charge in [0.2, 0.25) is 0 Å². The fourth-order valence-electron chi connectivity index (χ4n) is 1.63. The highest BCUT2D eigenvalue weighted by atomic mass is 32.1. The molecule has 74 valence electrons. The maximum absolute atomic E-state index is 3.18. The molecule has 0 saturated heterocycles. The second-order valence-electron chi connectivity index (χ2n) is 3.55. The molecule has 0 saturated carbocycles. The molecule has 0 atom stereocenters. The topological polar surface area (TPSA) is 12.0 Å². The van der Waals surface area contributed by atoms with Gasteiger partial charge in [-0.15, -0.1) is 11.3 Å². The van der Waals surface area contributed by atoms with Crippen molar-refractivity contribution in [2.75, 3.05) is 13.6 Å². The van der Waals surface area contributed by atoms with E-state index in [1.165, 1.54) is 20.5 Å². The Hall–Kier alpha value is -0.860. The van der Waals surface area contributed by atoms with Crippen molar-refractivity contribution in [2.45, 2.75) is 13.3 Å². The van der Waals surface area contributed by atoms with Crippen LogP contribution in [0.2, 0.25) is 0 Å². The average molecular weight is 205 g/mol. The molecule has 2 rings (SSSR count). The predicted molar refractivity (Wildman–Crippen MR) is 64.2 cm³/mol. The van der Waals surface area contributed by atoms with Crippen molar-refractivity contribution in [2.24, 2.45) is 0 Å². The fourth-order valence-corrected chi connectivity index (χ4v) is 2.77. The number of fused-ring (bicyclic) bond motifs is 1. The summed E-state index contributed by atoms with van der Waals surface area (Å²) in [6, 6.07) is 8.84. The molecular weight excluding hydrogens is 190 g/mol. The van der Waals surface area contributed by atoms with Crippen LogP contribution >= 0.6 is 11.3 Å². The number of hydrogen-bond donors (Lipinski definition) is 1. The smallest absolute Gasteiger partial charge is 0.0348 e. The highest BCUT2D eigenvalue weighted by molar-refractivity contribution is 7.19. The van der Waals surface area contributed by atoms with Crippen molar-refractivity contribution < 1.29 is 0 Å². The number of aryl methyl sites for hydroxylation is 1. The van der Waals surface area contributed by atoms with Gasteiger partial charge in [-0.3, -0.25) is 0 Å². The Morgan fingerprint density at radius 3 is 2.93 bits per heavy atom. The lowest BCUT2D eigenvalue weighted by Gasteiger charge is -1.93. The van der Waals surface area contributed by atoms with E-state index in [-0.39, 0.29) is 0 Å². The third kappa shape index (κ3) is 1.81. The third-order valence-corrected chi connectivity index (χ3v) is 3.61. The lowest BCUT2D eigenvalue weighted by molar-refractivity contribution is 0.799. The zero-order valence-electron chi connectivity index (χ0n) is 8.63. The minimum absolute atomic E-state index is 1.06. The van der Waals surface area contributed by atoms with Gasteiger partial charge in [0.15, 0.2) is 0 Å². The Morgan fingerprint density at radius 2 is 2.21 bits per heavy atom. The molecule has 2 heteroatoms. The van der Waals surface area contributed by atoms with E-state index >= 15 is 0 Å². The maximum atomic E-state index is 3.18. The lowest BCUT2D eigenvalue weighted by atomic mass is 10.1. The molecule has 0 amide bonds. The van der Waals surface area contributed by atoms with Crippen LogP contribution in [0.25, 0.3) is 10.1 Å². The summed E-state index contributed by atoms with van der Waals surface area (Å²) in [5, 5.41) is 4.60. The van der Waals surface area contributed by atoms with Crippen LogP contribution in [0.1, 0.15) is 10.4 Å². The first kappa shape index (κ1) is 9.69. The van der Waals surface area contributed by atoms with Crippen molar-refractivity contribution in [1.29, 1.82) is 0 Å². The van der Waals surface area contributed by atoms with Gasteiger partial charge in [-0.1, -0.05) is 12.1 Å². The van der Waals surface area contributed by atoms with E-state index in [4.69, 9.17) is 0 Å². The van der Waals surface area contributed by atoms with Gasteiger partial charge in [0.05, 0.1) is 0 Å². The minimum Gasteiger partial charge on any atom is -0.319 e. The number of thiophene rings is 1. The molecule has 1 aromatic carbocycles. The van der Waals surface area contributed by atoms with E-state index in [0.29, 0.717) is 0 Å². The molecule has 1 aromatic heterocycles. The van der Waals surface area contributed by atoms with Gasteiger partial charge in [-0.25, -0.2) is 0 Å². The first-order chi connectivity index (χ1) is 6.81. The minimum atomic E-state index is 1.06. The van der Waals surface area contributed by atoms with E-state index in [2.05, 4.69) is 36.5 Å². The van der Waals surface area contributed by atoms with Gasteiger partial charge < -0.3 is 5.32 Å². The molecule has 0 unspecified atom stereocenters. The molecule has 1 nitrogen and oxygen atoms in total. The first-order valence-electron chi connectivity index (χ1n) is 4.94. The van der Waals surface area contributed by atoms with Crippen molar-refractivity contribution in [3.05, 3.63) is 34.7 Å². The lowest BCUT2D eigenvalue weighted by Crippen LogP contribution is -2.09. The molecule has 1 heterocycles. The Morgan fingerprint density at radius 1 is 1.36 bits per heavy atom. The fraction of sp³-hybridized carbons (Fsp3) is 0.333. The summed E-state index contributed by atoms with van der Waals surface area (Å²) in [6.45, 7) is 3.24. The molecule has 0 aliphatic heterocycles. The van der Waals surface area contributed by atoms with E-state index in [1.54, 1.807) is 0 Å². The molecule has 14 heavy (non-hydrogen) atoms. The number of hydrogen-bond acceptors (Lipinski definition) is 2. The van der Waals surface area contributed by atoms with Gasteiger partial charge in [-0.05, 0) is 50.0 Å². The third-order valence-electron chi connectivity index (χ3n) is 2.45. The van der Waals surface area contributed by atoms with Crippen LogP contribution in [0.15, 0.2) is 24.3 Å². The number of nitrogens with one attached hydrogen (secondary N) is 1. The van der Waals surface area contributed by atoms with Gasteiger partial charge in [0.25, 0.3) is 0 Å². The van der Waals surface area contributed by atoms with E-state index in [9.17, 15) is 0 Å². The van der Waals surface area contributed by atoms with Crippen LogP contribution in [0.3, 0.4) is 0 Å². The Labute approximate surface area is 88.8 Å². The molecule has 0 spiro atoms. The van der Waals surface area contributed by atoms with Crippen molar-refractivity contribution in [1.82, 2.24) is 5.32 Å². The average Bonchev–Trinajstić information content (AvgIpc) is 2.59. The van der Waals surface area contributed by atoms with Crippen LogP contribution in [0.5, 0.6) is 0 Å². The Kier molecular flexibility index (Phi) is 2.85. The highest BCUT2D eigenvalue weighted by Gasteiger charge is 2.02. The molecular formula is C12H15NS. The normalized spacial score (nSPS) is 11.0. The van der Waals surface area contributed by atoms with Gasteiger partial charge >= 0.3 is 0 Å². The first-order valence-corrected chi connectivity index (χ1v) is 5.75. The van der Waals surface area contributed by atoms with Crippen LogP contribution in [-0.4, -0.2) is 13.6 Å². The van der Waals surface area contributed by atoms with Crippen molar-refractivity contribution in [3.8, 4) is 0 Å². The monoisotopic (exact) mass is 205 g/mol. The van der Waals surface area contributed by atoms with Crippen molar-refractivity contribution >= 4 is 21.4 Å². The van der Waals surface area contributed by atoms with Crippen LogP contribution in [0, 0.1) is 6.92 Å². The van der Waals surface area contributed by atoms with E-state index in [1.807, 2.05) is 18.4 Å². The molecule has 0 aliphatic rings. The summed E-state index contributed by atoms with van der Waals surface area (Å²) < 4.78 is 1.41. The summed E-state index contributed by atoms with van der Waals surface area (Å²) in [4.78, 5) is 1.48. The number of rotatable bonds is 3. The molecule has 0 fully saturated rings. The van der Waals surface area contributed by atoms with E-state index in [0.717, 1.165) is 13.0 Å². The van der Waals surface area contributed by atoms with Crippen LogP contribution < -0.4 is 5.32 Å². The number of benzene rings is 1. The quantitative estimate of drug-likeness (QED) is 0.812. The zero-order valence-corrected chi connectivity index (χ0v) is 9.45. The Balaban J connectivity index is 2.36. The summed E-state index contributed by atoms with van der Waals surface area (Å²) in [5.41, 5.74) is 1.38. The Bertz CT molecular complexity index is 431. The van der Waals surface area contributed by atoms with Crippen LogP contribution in [-0.2, 0) is 6.42 Å². The zero-order chi connectivity index (χ0) is 9.97. The summed E-state index contributed by atoms with van der Waals surface area (Å²) in [7, 11) is 2.00. The van der Waals surface area contributed by atoms with Crippen molar-refractivity contribution in [3.63, 3.8) is 0 Å². The van der Waals surface area contributed by atoms with Gasteiger partial charge in [0.1, 0.15) is 0 Å². The maximum Gasteiger partial charge on any atom is 0.0348 e.